The van der Waals surface area contributed by atoms with Crippen molar-refractivity contribution in [3.8, 4) is 0 Å². The normalized spacial score (nSPS) is 10.3. The summed E-state index contributed by atoms with van der Waals surface area (Å²) in [5.41, 5.74) is 6.55. The van der Waals surface area contributed by atoms with E-state index < -0.39 is 11.8 Å². The highest BCUT2D eigenvalue weighted by Gasteiger charge is 2.16. The Balaban J connectivity index is 2.11. The van der Waals surface area contributed by atoms with Crippen LogP contribution in [0.15, 0.2) is 36.4 Å². The second-order valence-corrected chi connectivity index (χ2v) is 4.40. The smallest absolute Gasteiger partial charge is 0.341 e. The molecule has 0 bridgehead atoms. The quantitative estimate of drug-likeness (QED) is 0.692. The molecular weight excluding hydrogens is 264 g/mol. The third-order valence-corrected chi connectivity index (χ3v) is 2.78. The monoisotopic (exact) mass is 277 g/mol. The highest BCUT2D eigenvalue weighted by atomic mass is 19.1. The molecule has 0 fully saturated rings. The lowest BCUT2D eigenvalue weighted by Crippen LogP contribution is -2.09. The van der Waals surface area contributed by atoms with E-state index in [4.69, 9.17) is 10.5 Å². The van der Waals surface area contributed by atoms with Gasteiger partial charge in [0.05, 0.1) is 5.56 Å². The molecule has 104 valence electrons. The molecule has 5 heteroatoms. The van der Waals surface area contributed by atoms with Crippen molar-refractivity contribution in [3.63, 3.8) is 0 Å². The van der Waals surface area contributed by atoms with Gasteiger partial charge in [0.2, 0.25) is 0 Å². The zero-order chi connectivity index (χ0) is 14.7. The largest absolute Gasteiger partial charge is 0.457 e. The van der Waals surface area contributed by atoms with Crippen molar-refractivity contribution < 1.29 is 18.3 Å². The minimum Gasteiger partial charge on any atom is -0.457 e. The summed E-state index contributed by atoms with van der Waals surface area (Å²) in [6.45, 7) is 1.45. The second kappa shape index (κ2) is 5.69. The van der Waals surface area contributed by atoms with Gasteiger partial charge < -0.3 is 10.5 Å². The number of anilines is 1. The van der Waals surface area contributed by atoms with Gasteiger partial charge in [-0.05, 0) is 42.3 Å². The molecule has 0 atom stereocenters. The van der Waals surface area contributed by atoms with Crippen molar-refractivity contribution in [2.24, 2.45) is 0 Å². The maximum Gasteiger partial charge on any atom is 0.341 e. The Hall–Kier alpha value is -2.43. The van der Waals surface area contributed by atoms with Gasteiger partial charge in [-0.3, -0.25) is 0 Å². The number of esters is 1. The molecular formula is C15H13F2NO2. The van der Waals surface area contributed by atoms with Crippen LogP contribution in [0.5, 0.6) is 0 Å². The number of nitrogen functional groups attached to an aromatic ring is 1. The van der Waals surface area contributed by atoms with E-state index in [0.29, 0.717) is 5.56 Å². The maximum absolute atomic E-state index is 13.8. The first kappa shape index (κ1) is 14.0. The van der Waals surface area contributed by atoms with Gasteiger partial charge in [0.1, 0.15) is 18.2 Å². The van der Waals surface area contributed by atoms with Crippen molar-refractivity contribution >= 4 is 11.7 Å². The van der Waals surface area contributed by atoms with Crippen LogP contribution in [-0.4, -0.2) is 5.97 Å². The fourth-order valence-electron chi connectivity index (χ4n) is 1.75. The van der Waals surface area contributed by atoms with Crippen LogP contribution >= 0.6 is 0 Å². The number of benzene rings is 2. The number of hydrogen-bond donors (Lipinski definition) is 1. The summed E-state index contributed by atoms with van der Waals surface area (Å²) in [5.74, 6) is -1.83. The summed E-state index contributed by atoms with van der Waals surface area (Å²) in [5, 5.41) is 0. The molecule has 0 heterocycles. The van der Waals surface area contributed by atoms with Crippen molar-refractivity contribution in [2.45, 2.75) is 13.5 Å². The molecule has 2 rings (SSSR count). The molecule has 0 unspecified atom stereocenters. The van der Waals surface area contributed by atoms with E-state index in [-0.39, 0.29) is 29.2 Å². The third kappa shape index (κ3) is 3.12. The Morgan fingerprint density at radius 3 is 2.50 bits per heavy atom. The predicted octanol–water partition coefficient (Wildman–Crippen LogP) is 3.21. The molecule has 2 aromatic carbocycles. The first-order valence-electron chi connectivity index (χ1n) is 5.94. The van der Waals surface area contributed by atoms with Crippen molar-refractivity contribution in [2.75, 3.05) is 5.73 Å². The van der Waals surface area contributed by atoms with Gasteiger partial charge in [0.25, 0.3) is 0 Å². The average Bonchev–Trinajstić information content (AvgIpc) is 2.42. The summed E-state index contributed by atoms with van der Waals surface area (Å²) in [6, 6.07) is 8.16. The van der Waals surface area contributed by atoms with E-state index in [2.05, 4.69) is 0 Å². The van der Waals surface area contributed by atoms with Crippen LogP contribution in [0.2, 0.25) is 0 Å². The number of carbonyl (C=O) groups is 1. The van der Waals surface area contributed by atoms with E-state index in [1.54, 1.807) is 0 Å². The van der Waals surface area contributed by atoms with Crippen LogP contribution in [0.25, 0.3) is 0 Å². The molecule has 2 aromatic rings. The highest BCUT2D eigenvalue weighted by molar-refractivity contribution is 5.91. The number of nitrogens with two attached hydrogens (primary N) is 1. The number of hydrogen-bond acceptors (Lipinski definition) is 3. The molecule has 3 nitrogen and oxygen atoms in total. The zero-order valence-electron chi connectivity index (χ0n) is 10.8. The molecule has 20 heavy (non-hydrogen) atoms. The van der Waals surface area contributed by atoms with E-state index in [0.717, 1.165) is 0 Å². The Kier molecular flexibility index (Phi) is 3.98. The molecule has 0 saturated carbocycles. The topological polar surface area (TPSA) is 52.3 Å². The fourth-order valence-corrected chi connectivity index (χ4v) is 1.75. The predicted molar refractivity (Wildman–Crippen MR) is 71.1 cm³/mol. The molecule has 2 N–H and O–H groups in total. The zero-order valence-corrected chi connectivity index (χ0v) is 10.8. The van der Waals surface area contributed by atoms with Crippen molar-refractivity contribution in [1.29, 1.82) is 0 Å². The molecule has 0 spiro atoms. The van der Waals surface area contributed by atoms with Crippen molar-refractivity contribution in [1.82, 2.24) is 0 Å². The van der Waals surface area contributed by atoms with Gasteiger partial charge >= 0.3 is 5.97 Å². The van der Waals surface area contributed by atoms with Crippen LogP contribution in [0.1, 0.15) is 21.5 Å². The molecule has 0 amide bonds. The summed E-state index contributed by atoms with van der Waals surface area (Å²) in [7, 11) is 0. The summed E-state index contributed by atoms with van der Waals surface area (Å²) < 4.78 is 31.5. The first-order chi connectivity index (χ1) is 9.47. The minimum atomic E-state index is -0.803. The Bertz CT molecular complexity index is 639. The number of aryl methyl sites for hydroxylation is 1. The maximum atomic E-state index is 13.8. The van der Waals surface area contributed by atoms with Gasteiger partial charge in [0.15, 0.2) is 0 Å². The standard InChI is InChI=1S/C15H13F2NO2/c1-9-6-12(18)7-13(14(9)17)15(19)20-8-10-2-4-11(16)5-3-10/h2-7H,8,18H2,1H3. The average molecular weight is 277 g/mol. The molecule has 0 aliphatic rings. The van der Waals surface area contributed by atoms with E-state index in [9.17, 15) is 13.6 Å². The van der Waals surface area contributed by atoms with E-state index in [1.165, 1.54) is 43.3 Å². The molecule has 0 aliphatic carbocycles. The van der Waals surface area contributed by atoms with Gasteiger partial charge in [-0.15, -0.1) is 0 Å². The number of carbonyl (C=O) groups excluding carboxylic acids is 1. The summed E-state index contributed by atoms with van der Waals surface area (Å²) in [4.78, 5) is 11.8. The molecule has 0 radical (unpaired) electrons. The van der Waals surface area contributed by atoms with Gasteiger partial charge in [-0.25, -0.2) is 13.6 Å². The first-order valence-corrected chi connectivity index (χ1v) is 5.94. The van der Waals surface area contributed by atoms with Gasteiger partial charge in [0, 0.05) is 5.69 Å². The lowest BCUT2D eigenvalue weighted by Gasteiger charge is -2.08. The fraction of sp³-hybridized carbons (Fsp3) is 0.133. The van der Waals surface area contributed by atoms with Crippen LogP contribution < -0.4 is 5.73 Å². The third-order valence-electron chi connectivity index (χ3n) is 2.78. The number of rotatable bonds is 3. The molecule has 0 saturated heterocycles. The molecule has 0 aliphatic heterocycles. The number of halogens is 2. The van der Waals surface area contributed by atoms with Gasteiger partial charge in [-0.2, -0.15) is 0 Å². The minimum absolute atomic E-state index is 0.0631. The van der Waals surface area contributed by atoms with Crippen LogP contribution in [-0.2, 0) is 11.3 Å². The lowest BCUT2D eigenvalue weighted by atomic mass is 10.1. The molecule has 0 aromatic heterocycles. The number of ether oxygens (including phenoxy) is 1. The lowest BCUT2D eigenvalue weighted by molar-refractivity contribution is 0.0467. The van der Waals surface area contributed by atoms with Crippen molar-refractivity contribution in [3.05, 3.63) is 64.7 Å². The Labute approximate surface area is 115 Å². The SMILES string of the molecule is Cc1cc(N)cc(C(=O)OCc2ccc(F)cc2)c1F. The van der Waals surface area contributed by atoms with Crippen LogP contribution in [0.4, 0.5) is 14.5 Å². The van der Waals surface area contributed by atoms with E-state index >= 15 is 0 Å². The van der Waals surface area contributed by atoms with Crippen LogP contribution in [0, 0.1) is 18.6 Å². The Morgan fingerprint density at radius 1 is 1.20 bits per heavy atom. The Morgan fingerprint density at radius 2 is 1.85 bits per heavy atom. The van der Waals surface area contributed by atoms with Gasteiger partial charge in [-0.1, -0.05) is 12.1 Å². The summed E-state index contributed by atoms with van der Waals surface area (Å²) >= 11 is 0. The van der Waals surface area contributed by atoms with Crippen LogP contribution in [0.3, 0.4) is 0 Å². The highest BCUT2D eigenvalue weighted by Crippen LogP contribution is 2.18. The second-order valence-electron chi connectivity index (χ2n) is 4.40. The summed E-state index contributed by atoms with van der Waals surface area (Å²) in [6.07, 6.45) is 0. The van der Waals surface area contributed by atoms with E-state index in [1.807, 2.05) is 0 Å².